The lowest BCUT2D eigenvalue weighted by molar-refractivity contribution is 0.765. The van der Waals surface area contributed by atoms with Crippen LogP contribution in [-0.4, -0.2) is 11.5 Å². The fourth-order valence-corrected chi connectivity index (χ4v) is 1.08. The molecule has 1 heterocycles. The van der Waals surface area contributed by atoms with Crippen LogP contribution in [-0.2, 0) is 6.54 Å². The Morgan fingerprint density at radius 2 is 2.31 bits per heavy atom. The van der Waals surface area contributed by atoms with Gasteiger partial charge in [0.05, 0.1) is 6.54 Å². The molecule has 0 aromatic carbocycles. The molecule has 0 atom stereocenters. The van der Waals surface area contributed by atoms with Gasteiger partial charge in [0.25, 0.3) is 0 Å². The van der Waals surface area contributed by atoms with E-state index in [0.717, 1.165) is 12.2 Å². The van der Waals surface area contributed by atoms with Gasteiger partial charge in [0.15, 0.2) is 0 Å². The number of aromatic nitrogens is 1. The van der Waals surface area contributed by atoms with Gasteiger partial charge in [-0.15, -0.1) is 6.42 Å². The standard InChI is InChI=1S/C11H14N2/c1-4-5-12-7-11-6-9(2)10(3)13-8-11/h1,6,8,12H,5,7H2,2-3H3. The van der Waals surface area contributed by atoms with Gasteiger partial charge in [0.1, 0.15) is 0 Å². The summed E-state index contributed by atoms with van der Waals surface area (Å²) in [5.41, 5.74) is 3.49. The van der Waals surface area contributed by atoms with Crippen LogP contribution in [0.2, 0.25) is 0 Å². The van der Waals surface area contributed by atoms with Crippen LogP contribution in [0.3, 0.4) is 0 Å². The summed E-state index contributed by atoms with van der Waals surface area (Å²) in [6, 6.07) is 2.13. The minimum Gasteiger partial charge on any atom is -0.302 e. The van der Waals surface area contributed by atoms with E-state index < -0.39 is 0 Å². The van der Waals surface area contributed by atoms with Gasteiger partial charge in [-0.1, -0.05) is 12.0 Å². The molecule has 1 aromatic heterocycles. The zero-order chi connectivity index (χ0) is 9.68. The van der Waals surface area contributed by atoms with Crippen molar-refractivity contribution in [1.82, 2.24) is 10.3 Å². The van der Waals surface area contributed by atoms with Crippen LogP contribution < -0.4 is 5.32 Å². The molecular weight excluding hydrogens is 160 g/mol. The van der Waals surface area contributed by atoms with Gasteiger partial charge in [-0.2, -0.15) is 0 Å². The molecule has 1 aromatic rings. The molecule has 2 nitrogen and oxygen atoms in total. The molecule has 0 aliphatic heterocycles. The third-order valence-corrected chi connectivity index (χ3v) is 1.95. The Hall–Kier alpha value is -1.33. The minimum absolute atomic E-state index is 0.604. The fraction of sp³-hybridized carbons (Fsp3) is 0.364. The van der Waals surface area contributed by atoms with E-state index in [0.29, 0.717) is 6.54 Å². The van der Waals surface area contributed by atoms with E-state index in [1.807, 2.05) is 13.1 Å². The molecule has 0 saturated heterocycles. The van der Waals surface area contributed by atoms with Crippen molar-refractivity contribution in [2.75, 3.05) is 6.54 Å². The third-order valence-electron chi connectivity index (χ3n) is 1.95. The van der Waals surface area contributed by atoms with Crippen molar-refractivity contribution in [3.63, 3.8) is 0 Å². The van der Waals surface area contributed by atoms with Crippen molar-refractivity contribution in [1.29, 1.82) is 0 Å². The SMILES string of the molecule is C#CCNCc1cnc(C)c(C)c1. The quantitative estimate of drug-likeness (QED) is 0.553. The number of nitrogens with one attached hydrogen (secondary N) is 1. The monoisotopic (exact) mass is 174 g/mol. The zero-order valence-electron chi connectivity index (χ0n) is 8.09. The van der Waals surface area contributed by atoms with Crippen LogP contribution in [0.5, 0.6) is 0 Å². The lowest BCUT2D eigenvalue weighted by Gasteiger charge is -2.04. The first kappa shape index (κ1) is 9.76. The maximum absolute atomic E-state index is 5.12. The first-order chi connectivity index (χ1) is 6.24. The number of hydrogen-bond acceptors (Lipinski definition) is 2. The fourth-order valence-electron chi connectivity index (χ4n) is 1.08. The van der Waals surface area contributed by atoms with Crippen LogP contribution in [0, 0.1) is 26.2 Å². The van der Waals surface area contributed by atoms with Crippen molar-refractivity contribution in [2.45, 2.75) is 20.4 Å². The molecule has 13 heavy (non-hydrogen) atoms. The maximum Gasteiger partial charge on any atom is 0.0576 e. The normalized spacial score (nSPS) is 9.62. The van der Waals surface area contributed by atoms with Crippen LogP contribution in [0.4, 0.5) is 0 Å². The minimum atomic E-state index is 0.604. The van der Waals surface area contributed by atoms with Gasteiger partial charge in [-0.25, -0.2) is 0 Å². The second-order valence-corrected chi connectivity index (χ2v) is 3.05. The molecule has 0 aliphatic carbocycles. The molecule has 0 fully saturated rings. The Balaban J connectivity index is 2.59. The predicted octanol–water partition coefficient (Wildman–Crippen LogP) is 1.42. The van der Waals surface area contributed by atoms with Gasteiger partial charge in [-0.05, 0) is 25.0 Å². The second-order valence-electron chi connectivity index (χ2n) is 3.05. The second kappa shape index (κ2) is 4.64. The van der Waals surface area contributed by atoms with Gasteiger partial charge < -0.3 is 5.32 Å². The van der Waals surface area contributed by atoms with Crippen molar-refractivity contribution < 1.29 is 0 Å². The van der Waals surface area contributed by atoms with Gasteiger partial charge in [-0.3, -0.25) is 4.98 Å². The predicted molar refractivity (Wildman–Crippen MR) is 54.3 cm³/mol. The highest BCUT2D eigenvalue weighted by molar-refractivity contribution is 5.22. The third kappa shape index (κ3) is 2.89. The summed E-state index contributed by atoms with van der Waals surface area (Å²) in [5, 5.41) is 3.12. The summed E-state index contributed by atoms with van der Waals surface area (Å²) in [4.78, 5) is 4.27. The number of hydrogen-bond donors (Lipinski definition) is 1. The lowest BCUT2D eigenvalue weighted by atomic mass is 10.1. The Labute approximate surface area is 79.4 Å². The van der Waals surface area contributed by atoms with E-state index in [2.05, 4.69) is 29.2 Å². The lowest BCUT2D eigenvalue weighted by Crippen LogP contribution is -2.13. The number of aryl methyl sites for hydroxylation is 2. The van der Waals surface area contributed by atoms with Crippen molar-refractivity contribution in [2.24, 2.45) is 0 Å². The average molecular weight is 174 g/mol. The topological polar surface area (TPSA) is 24.9 Å². The van der Waals surface area contributed by atoms with E-state index in [4.69, 9.17) is 6.42 Å². The highest BCUT2D eigenvalue weighted by Gasteiger charge is 1.96. The zero-order valence-corrected chi connectivity index (χ0v) is 8.09. The number of nitrogens with zero attached hydrogens (tertiary/aromatic N) is 1. The summed E-state index contributed by atoms with van der Waals surface area (Å²) in [5.74, 6) is 2.53. The first-order valence-electron chi connectivity index (χ1n) is 4.30. The molecule has 2 heteroatoms. The number of rotatable bonds is 3. The summed E-state index contributed by atoms with van der Waals surface area (Å²) in [6.45, 7) is 5.46. The summed E-state index contributed by atoms with van der Waals surface area (Å²) >= 11 is 0. The van der Waals surface area contributed by atoms with E-state index in [1.165, 1.54) is 11.1 Å². The molecule has 0 saturated carbocycles. The van der Waals surface area contributed by atoms with E-state index in [1.54, 1.807) is 0 Å². The molecule has 0 unspecified atom stereocenters. The van der Waals surface area contributed by atoms with Gasteiger partial charge >= 0.3 is 0 Å². The molecule has 0 spiro atoms. The largest absolute Gasteiger partial charge is 0.302 e. The van der Waals surface area contributed by atoms with Crippen molar-refractivity contribution in [3.8, 4) is 12.3 Å². The molecule has 0 aliphatic rings. The van der Waals surface area contributed by atoms with Crippen LogP contribution in [0.1, 0.15) is 16.8 Å². The molecule has 0 radical (unpaired) electrons. The average Bonchev–Trinajstić information content (AvgIpc) is 2.12. The Morgan fingerprint density at radius 1 is 1.54 bits per heavy atom. The number of pyridine rings is 1. The van der Waals surface area contributed by atoms with Crippen LogP contribution >= 0.6 is 0 Å². The Morgan fingerprint density at radius 3 is 2.92 bits per heavy atom. The van der Waals surface area contributed by atoms with E-state index in [-0.39, 0.29) is 0 Å². The Kier molecular flexibility index (Phi) is 3.48. The first-order valence-corrected chi connectivity index (χ1v) is 4.30. The molecular formula is C11H14N2. The maximum atomic E-state index is 5.12. The highest BCUT2D eigenvalue weighted by atomic mass is 14.8. The van der Waals surface area contributed by atoms with Gasteiger partial charge in [0, 0.05) is 18.4 Å². The van der Waals surface area contributed by atoms with E-state index in [9.17, 15) is 0 Å². The summed E-state index contributed by atoms with van der Waals surface area (Å²) in [7, 11) is 0. The molecule has 0 bridgehead atoms. The Bertz CT molecular complexity index is 323. The smallest absolute Gasteiger partial charge is 0.0576 e. The summed E-state index contributed by atoms with van der Waals surface area (Å²) in [6.07, 6.45) is 7.00. The summed E-state index contributed by atoms with van der Waals surface area (Å²) < 4.78 is 0. The number of terminal acetylenes is 1. The van der Waals surface area contributed by atoms with Crippen molar-refractivity contribution in [3.05, 3.63) is 29.1 Å². The van der Waals surface area contributed by atoms with Crippen LogP contribution in [0.25, 0.3) is 0 Å². The van der Waals surface area contributed by atoms with Crippen LogP contribution in [0.15, 0.2) is 12.3 Å². The molecule has 1 N–H and O–H groups in total. The molecule has 1 rings (SSSR count). The van der Waals surface area contributed by atoms with E-state index >= 15 is 0 Å². The van der Waals surface area contributed by atoms with Crippen molar-refractivity contribution >= 4 is 0 Å². The van der Waals surface area contributed by atoms with Gasteiger partial charge in [0.2, 0.25) is 0 Å². The molecule has 0 amide bonds. The molecule has 68 valence electrons. The highest BCUT2D eigenvalue weighted by Crippen LogP contribution is 2.05.